The van der Waals surface area contributed by atoms with Crippen molar-refractivity contribution in [3.8, 4) is 0 Å². The van der Waals surface area contributed by atoms with Crippen molar-refractivity contribution in [1.29, 1.82) is 0 Å². The number of aliphatic carboxylic acids is 1. The summed E-state index contributed by atoms with van der Waals surface area (Å²) < 4.78 is 24.6. The van der Waals surface area contributed by atoms with Gasteiger partial charge in [-0.3, -0.25) is 14.4 Å². The van der Waals surface area contributed by atoms with E-state index in [1.54, 1.807) is 19.1 Å². The van der Waals surface area contributed by atoms with Crippen LogP contribution < -0.4 is 5.32 Å². The van der Waals surface area contributed by atoms with Crippen LogP contribution in [0.5, 0.6) is 0 Å². The second-order valence-electron chi connectivity index (χ2n) is 7.66. The monoisotopic (exact) mass is 442 g/mol. The maximum atomic E-state index is 12.6. The molecule has 0 bridgehead atoms. The zero-order chi connectivity index (χ0) is 22.3. The summed E-state index contributed by atoms with van der Waals surface area (Å²) in [6.45, 7) is 1.55. The van der Waals surface area contributed by atoms with Gasteiger partial charge in [-0.05, 0) is 49.1 Å². The second kappa shape index (κ2) is 7.81. The number of fused-ring (bicyclic) bond motifs is 2. The summed E-state index contributed by atoms with van der Waals surface area (Å²) in [7, 11) is -3.45. The Morgan fingerprint density at radius 3 is 2.71 bits per heavy atom. The lowest BCUT2D eigenvalue weighted by molar-refractivity contribution is -0.137. The van der Waals surface area contributed by atoms with Crippen molar-refractivity contribution in [2.75, 3.05) is 11.1 Å². The molecule has 31 heavy (non-hydrogen) atoms. The van der Waals surface area contributed by atoms with Crippen LogP contribution in [0.25, 0.3) is 11.6 Å². The van der Waals surface area contributed by atoms with Crippen LogP contribution in [-0.2, 0) is 32.3 Å². The zero-order valence-corrected chi connectivity index (χ0v) is 17.8. The molecule has 2 aliphatic rings. The molecule has 3 N–H and O–H groups in total. The van der Waals surface area contributed by atoms with Crippen LogP contribution in [0.2, 0.25) is 0 Å². The van der Waals surface area contributed by atoms with Gasteiger partial charge >= 0.3 is 5.97 Å². The smallest absolute Gasteiger partial charge is 0.303 e. The molecule has 2 heterocycles. The Hall–Kier alpha value is -3.20. The van der Waals surface area contributed by atoms with Gasteiger partial charge in [-0.1, -0.05) is 6.92 Å². The number of aromatic amines is 1. The average Bonchev–Trinajstić information content (AvgIpc) is 3.24. The number of hydrogen-bond donors (Lipinski definition) is 3. The number of carbonyl (C=O) groups excluding carboxylic acids is 2. The van der Waals surface area contributed by atoms with E-state index in [1.807, 2.05) is 0 Å². The molecule has 1 aliphatic heterocycles. The van der Waals surface area contributed by atoms with Crippen LogP contribution in [0, 0.1) is 0 Å². The van der Waals surface area contributed by atoms with Gasteiger partial charge in [-0.15, -0.1) is 0 Å². The summed E-state index contributed by atoms with van der Waals surface area (Å²) >= 11 is 0. The minimum absolute atomic E-state index is 0.0323. The maximum Gasteiger partial charge on any atom is 0.303 e. The fourth-order valence-corrected chi connectivity index (χ4v) is 5.03. The van der Waals surface area contributed by atoms with Crippen LogP contribution in [0.15, 0.2) is 23.1 Å². The number of anilines is 1. The summed E-state index contributed by atoms with van der Waals surface area (Å²) in [5.74, 6) is -1.45. The highest BCUT2D eigenvalue weighted by molar-refractivity contribution is 7.91. The molecule has 1 aromatic heterocycles. The van der Waals surface area contributed by atoms with Crippen LogP contribution in [0.3, 0.4) is 0 Å². The molecule has 0 saturated carbocycles. The molecular formula is C22H22N2O6S. The number of aryl methyl sites for hydroxylation is 1. The molecular weight excluding hydrogens is 420 g/mol. The van der Waals surface area contributed by atoms with Crippen LogP contribution in [0.1, 0.15) is 59.1 Å². The third-order valence-electron chi connectivity index (χ3n) is 5.71. The van der Waals surface area contributed by atoms with E-state index in [9.17, 15) is 22.8 Å². The Morgan fingerprint density at radius 2 is 2.00 bits per heavy atom. The zero-order valence-electron chi connectivity index (χ0n) is 16.9. The number of rotatable bonds is 6. The second-order valence-corrected chi connectivity index (χ2v) is 9.94. The highest BCUT2D eigenvalue weighted by atomic mass is 32.2. The largest absolute Gasteiger partial charge is 0.481 e. The van der Waals surface area contributed by atoms with E-state index in [-0.39, 0.29) is 40.8 Å². The summed E-state index contributed by atoms with van der Waals surface area (Å²) in [6, 6.07) is 4.50. The van der Waals surface area contributed by atoms with Gasteiger partial charge in [0.05, 0.1) is 16.2 Å². The van der Waals surface area contributed by atoms with Gasteiger partial charge in [0.2, 0.25) is 0 Å². The Kier molecular flexibility index (Phi) is 5.30. The van der Waals surface area contributed by atoms with Gasteiger partial charge < -0.3 is 15.4 Å². The highest BCUT2D eigenvalue weighted by Crippen LogP contribution is 2.37. The molecule has 0 saturated heterocycles. The van der Waals surface area contributed by atoms with E-state index in [1.165, 1.54) is 12.1 Å². The topological polar surface area (TPSA) is 133 Å². The Morgan fingerprint density at radius 1 is 1.23 bits per heavy atom. The van der Waals surface area contributed by atoms with Gasteiger partial charge in [0, 0.05) is 41.0 Å². The number of carbonyl (C=O) groups is 3. The predicted molar refractivity (Wildman–Crippen MR) is 115 cm³/mol. The summed E-state index contributed by atoms with van der Waals surface area (Å²) in [5, 5.41) is 11.9. The molecule has 162 valence electrons. The first-order valence-corrected chi connectivity index (χ1v) is 11.8. The van der Waals surface area contributed by atoms with Gasteiger partial charge in [0.15, 0.2) is 15.6 Å². The third-order valence-corrected chi connectivity index (χ3v) is 7.45. The van der Waals surface area contributed by atoms with Gasteiger partial charge in [-0.25, -0.2) is 8.42 Å². The molecule has 1 aliphatic carbocycles. The number of ketones is 1. The molecule has 0 unspecified atom stereocenters. The van der Waals surface area contributed by atoms with Crippen LogP contribution >= 0.6 is 0 Å². The Labute approximate surface area is 179 Å². The number of carboxylic acids is 1. The predicted octanol–water partition coefficient (Wildman–Crippen LogP) is 2.84. The molecule has 8 nitrogen and oxygen atoms in total. The van der Waals surface area contributed by atoms with Gasteiger partial charge in [0.1, 0.15) is 0 Å². The molecule has 0 spiro atoms. The molecule has 1 aromatic carbocycles. The number of H-pyrrole nitrogens is 1. The van der Waals surface area contributed by atoms with Crippen molar-refractivity contribution in [1.82, 2.24) is 4.98 Å². The summed E-state index contributed by atoms with van der Waals surface area (Å²) in [4.78, 5) is 39.6. The minimum atomic E-state index is -3.45. The molecule has 0 radical (unpaired) electrons. The summed E-state index contributed by atoms with van der Waals surface area (Å²) in [6.07, 6.45) is 3.39. The first-order chi connectivity index (χ1) is 14.7. The quantitative estimate of drug-likeness (QED) is 0.589. The summed E-state index contributed by atoms with van der Waals surface area (Å²) in [5.41, 5.74) is 3.63. The van der Waals surface area contributed by atoms with Crippen molar-refractivity contribution in [2.24, 2.45) is 0 Å². The molecule has 0 fully saturated rings. The SMILES string of the molecule is CCS(=O)(=O)c1ccc2c(c1)/C(=C/c1[nH]c3c(c1CCC(=O)O)C(=O)CCC3)C(=O)N2. The maximum absolute atomic E-state index is 12.6. The van der Waals surface area contributed by atoms with Gasteiger partial charge in [0.25, 0.3) is 5.91 Å². The van der Waals surface area contributed by atoms with Crippen LogP contribution in [-0.4, -0.2) is 41.9 Å². The van der Waals surface area contributed by atoms with E-state index < -0.39 is 15.8 Å². The molecule has 1 amide bonds. The van der Waals surface area contributed by atoms with Crippen molar-refractivity contribution in [2.45, 2.75) is 43.9 Å². The Balaban J connectivity index is 1.85. The number of Topliss-reactive ketones (excluding diaryl/α,β-unsaturated/α-hetero) is 1. The lowest BCUT2D eigenvalue weighted by Crippen LogP contribution is -2.11. The number of hydrogen-bond acceptors (Lipinski definition) is 5. The van der Waals surface area contributed by atoms with E-state index in [4.69, 9.17) is 5.11 Å². The van der Waals surface area contributed by atoms with Crippen LogP contribution in [0.4, 0.5) is 5.69 Å². The number of sulfone groups is 1. The van der Waals surface area contributed by atoms with Crippen molar-refractivity contribution in [3.63, 3.8) is 0 Å². The van der Waals surface area contributed by atoms with E-state index >= 15 is 0 Å². The number of aromatic nitrogens is 1. The molecule has 4 rings (SSSR count). The lowest BCUT2D eigenvalue weighted by atomic mass is 9.91. The third kappa shape index (κ3) is 3.81. The Bertz CT molecular complexity index is 1250. The number of benzene rings is 1. The number of amides is 1. The van der Waals surface area contributed by atoms with E-state index in [2.05, 4.69) is 10.3 Å². The first kappa shape index (κ1) is 21.0. The standard InChI is InChI=1S/C22H22N2O6S/c1-2-31(29,30)12-6-8-16-14(10-12)15(22(28)24-16)11-18-13(7-9-20(26)27)21-17(23-18)4-3-5-19(21)25/h6,8,10-11,23H,2-5,7,9H2,1H3,(H,24,28)(H,26,27)/b15-11-. The average molecular weight is 442 g/mol. The van der Waals surface area contributed by atoms with Crippen molar-refractivity contribution < 1.29 is 27.9 Å². The lowest BCUT2D eigenvalue weighted by Gasteiger charge is -2.11. The number of nitrogens with one attached hydrogen (secondary N) is 2. The molecule has 2 aromatic rings. The normalized spacial score (nSPS) is 16.9. The van der Waals surface area contributed by atoms with Gasteiger partial charge in [-0.2, -0.15) is 0 Å². The number of carboxylic acid groups (broad SMARTS) is 1. The highest BCUT2D eigenvalue weighted by Gasteiger charge is 2.29. The molecule has 9 heteroatoms. The van der Waals surface area contributed by atoms with E-state index in [0.717, 1.165) is 5.69 Å². The van der Waals surface area contributed by atoms with Crippen molar-refractivity contribution >= 4 is 44.8 Å². The fraction of sp³-hybridized carbons (Fsp3) is 0.318. The fourth-order valence-electron chi connectivity index (χ4n) is 4.12. The van der Waals surface area contributed by atoms with E-state index in [0.29, 0.717) is 47.3 Å². The van der Waals surface area contributed by atoms with Crippen molar-refractivity contribution in [3.05, 3.63) is 46.3 Å². The minimum Gasteiger partial charge on any atom is -0.481 e. The molecule has 0 atom stereocenters. The first-order valence-electron chi connectivity index (χ1n) is 10.1.